The van der Waals surface area contributed by atoms with Crippen LogP contribution in [-0.4, -0.2) is 71.2 Å². The Morgan fingerprint density at radius 2 is 2.07 bits per heavy atom. The normalized spacial score (nSPS) is 28.5. The lowest BCUT2D eigenvalue weighted by atomic mass is 9.75. The van der Waals surface area contributed by atoms with Gasteiger partial charge in [0, 0.05) is 25.9 Å². The minimum atomic E-state index is 0.175. The molecule has 4 aliphatic rings. The molecule has 5 heterocycles. The Labute approximate surface area is 176 Å². The molecule has 1 N–H and O–H groups in total. The Balaban J connectivity index is 1.16. The van der Waals surface area contributed by atoms with Gasteiger partial charge in [-0.15, -0.1) is 5.10 Å². The number of benzene rings is 1. The van der Waals surface area contributed by atoms with Crippen LogP contribution in [0.2, 0.25) is 0 Å². The Morgan fingerprint density at radius 1 is 1.23 bits per heavy atom. The summed E-state index contributed by atoms with van der Waals surface area (Å²) in [5.74, 6) is 1.85. The number of rotatable bonds is 6. The Kier molecular flexibility index (Phi) is 5.68. The number of piperidine rings is 3. The minimum Gasteiger partial charge on any atom is -0.487 e. The molecule has 0 spiro atoms. The van der Waals surface area contributed by atoms with Crippen molar-refractivity contribution in [3.8, 4) is 5.75 Å². The number of quaternary nitrogens is 1. The Hall–Kier alpha value is -2.45. The van der Waals surface area contributed by atoms with Crippen molar-refractivity contribution in [3.05, 3.63) is 42.2 Å². The van der Waals surface area contributed by atoms with Crippen molar-refractivity contribution in [1.82, 2.24) is 19.9 Å². The molecule has 2 aromatic rings. The molecule has 4 aliphatic heterocycles. The molecular weight excluding hydrogens is 382 g/mol. The van der Waals surface area contributed by atoms with Gasteiger partial charge in [-0.1, -0.05) is 23.4 Å². The van der Waals surface area contributed by atoms with Crippen LogP contribution in [0, 0.1) is 11.8 Å². The van der Waals surface area contributed by atoms with Crippen LogP contribution in [-0.2, 0) is 22.7 Å². The number of ether oxygens (including phenoxy) is 2. The molecule has 2 bridgehead atoms. The number of hydrogen-bond donors (Lipinski definition) is 1. The smallest absolute Gasteiger partial charge is 0.231 e. The van der Waals surface area contributed by atoms with E-state index in [9.17, 15) is 4.79 Å². The summed E-state index contributed by atoms with van der Waals surface area (Å²) in [4.78, 5) is 16.6. The maximum absolute atomic E-state index is 13.0. The fourth-order valence-corrected chi connectivity index (χ4v) is 5.21. The van der Waals surface area contributed by atoms with Gasteiger partial charge in [0.1, 0.15) is 24.1 Å². The van der Waals surface area contributed by atoms with Gasteiger partial charge in [-0.2, -0.15) is 0 Å². The zero-order valence-corrected chi connectivity index (χ0v) is 17.3. The summed E-state index contributed by atoms with van der Waals surface area (Å²) < 4.78 is 13.1. The third-order valence-electron chi connectivity index (χ3n) is 6.82. The van der Waals surface area contributed by atoms with Crippen LogP contribution in [0.1, 0.15) is 18.5 Å². The third-order valence-corrected chi connectivity index (χ3v) is 6.82. The number of aromatic nitrogens is 3. The van der Waals surface area contributed by atoms with E-state index in [0.29, 0.717) is 37.7 Å². The van der Waals surface area contributed by atoms with Crippen LogP contribution >= 0.6 is 0 Å². The monoisotopic (exact) mass is 412 g/mol. The van der Waals surface area contributed by atoms with Crippen LogP contribution in [0.4, 0.5) is 0 Å². The van der Waals surface area contributed by atoms with E-state index in [1.807, 2.05) is 46.1 Å². The van der Waals surface area contributed by atoms with E-state index in [0.717, 1.165) is 57.0 Å². The summed E-state index contributed by atoms with van der Waals surface area (Å²) >= 11 is 0. The zero-order chi connectivity index (χ0) is 20.3. The molecule has 4 fully saturated rings. The second-order valence-electron chi connectivity index (χ2n) is 8.67. The van der Waals surface area contributed by atoms with Gasteiger partial charge in [0.25, 0.3) is 0 Å². The highest BCUT2D eigenvalue weighted by molar-refractivity contribution is 5.79. The first kappa shape index (κ1) is 19.5. The fourth-order valence-electron chi connectivity index (χ4n) is 5.21. The lowest BCUT2D eigenvalue weighted by molar-refractivity contribution is -0.945. The molecule has 160 valence electrons. The van der Waals surface area contributed by atoms with Crippen LogP contribution in [0.15, 0.2) is 36.5 Å². The van der Waals surface area contributed by atoms with Crippen LogP contribution in [0.5, 0.6) is 5.75 Å². The first-order chi connectivity index (χ1) is 14.8. The molecule has 8 heteroatoms. The van der Waals surface area contributed by atoms with Crippen molar-refractivity contribution < 1.29 is 19.2 Å². The maximum atomic E-state index is 13.0. The van der Waals surface area contributed by atoms with E-state index in [2.05, 4.69) is 10.3 Å². The van der Waals surface area contributed by atoms with E-state index in [1.165, 1.54) is 0 Å². The molecule has 1 amide bonds. The maximum Gasteiger partial charge on any atom is 0.231 e. The van der Waals surface area contributed by atoms with Crippen molar-refractivity contribution in [3.63, 3.8) is 0 Å². The number of carbonyl (C=O) groups excluding carboxylic acids is 1. The van der Waals surface area contributed by atoms with Crippen LogP contribution in [0.25, 0.3) is 0 Å². The first-order valence-corrected chi connectivity index (χ1v) is 11.0. The van der Waals surface area contributed by atoms with Gasteiger partial charge < -0.3 is 19.3 Å². The van der Waals surface area contributed by atoms with Crippen molar-refractivity contribution in [2.24, 2.45) is 11.8 Å². The molecule has 30 heavy (non-hydrogen) atoms. The van der Waals surface area contributed by atoms with Crippen molar-refractivity contribution in [2.45, 2.75) is 32.0 Å². The van der Waals surface area contributed by atoms with Crippen LogP contribution in [0.3, 0.4) is 0 Å². The zero-order valence-electron chi connectivity index (χ0n) is 17.3. The number of amides is 1. The number of nitrogens with one attached hydrogen (secondary N) is 1. The summed E-state index contributed by atoms with van der Waals surface area (Å²) in [6.45, 7) is 6.20. The predicted octanol–water partition coefficient (Wildman–Crippen LogP) is 0.00920. The SMILES string of the molecule is O=C([C@H]1C[NH+]2CC[C@H]1C[C@@H]2Cn1cc(COc2ccccc2)nn1)N1CCOCC1. The van der Waals surface area contributed by atoms with E-state index in [-0.39, 0.29) is 5.92 Å². The molecule has 1 unspecified atom stereocenters. The standard InChI is InChI=1S/C22H29N5O3/c28-22(25-8-10-29-11-9-25)21-15-26-7-6-17(21)12-19(26)14-27-13-18(23-24-27)16-30-20-4-2-1-3-5-20/h1-5,13,17,19,21H,6-12,14-16H2/p+1/t17-,19+,21-/m0/s1. The third kappa shape index (κ3) is 4.20. The second kappa shape index (κ2) is 8.73. The molecule has 1 aromatic carbocycles. The minimum absolute atomic E-state index is 0.175. The van der Waals surface area contributed by atoms with E-state index < -0.39 is 0 Å². The average Bonchev–Trinajstić information content (AvgIpc) is 3.26. The van der Waals surface area contributed by atoms with E-state index >= 15 is 0 Å². The molecular formula is C22H30N5O3+. The highest BCUT2D eigenvalue weighted by atomic mass is 16.5. The first-order valence-electron chi connectivity index (χ1n) is 11.0. The molecule has 4 saturated heterocycles. The topological polar surface area (TPSA) is 73.9 Å². The Morgan fingerprint density at radius 3 is 2.83 bits per heavy atom. The number of fused-ring (bicyclic) bond motifs is 3. The fraction of sp³-hybridized carbons (Fsp3) is 0.591. The van der Waals surface area contributed by atoms with Gasteiger partial charge in [-0.05, 0) is 18.1 Å². The Bertz CT molecular complexity index is 851. The summed E-state index contributed by atoms with van der Waals surface area (Å²) in [5.41, 5.74) is 0.838. The van der Waals surface area contributed by atoms with Gasteiger partial charge in [-0.25, -0.2) is 4.68 Å². The molecule has 0 radical (unpaired) electrons. The molecule has 0 aliphatic carbocycles. The van der Waals surface area contributed by atoms with Crippen LogP contribution < -0.4 is 9.64 Å². The number of hydrogen-bond acceptors (Lipinski definition) is 5. The van der Waals surface area contributed by atoms with Gasteiger partial charge >= 0.3 is 0 Å². The summed E-state index contributed by atoms with van der Waals surface area (Å²) in [5, 5.41) is 8.59. The van der Waals surface area contributed by atoms with Gasteiger partial charge in [0.05, 0.1) is 45.0 Å². The number of carbonyl (C=O) groups is 1. The van der Waals surface area contributed by atoms with Gasteiger partial charge in [0.15, 0.2) is 0 Å². The quantitative estimate of drug-likeness (QED) is 0.724. The molecule has 8 nitrogen and oxygen atoms in total. The number of morpholine rings is 1. The molecule has 1 aromatic heterocycles. The summed E-state index contributed by atoms with van der Waals surface area (Å²) in [6.07, 6.45) is 4.23. The second-order valence-corrected chi connectivity index (χ2v) is 8.67. The summed E-state index contributed by atoms with van der Waals surface area (Å²) in [7, 11) is 0. The lowest BCUT2D eigenvalue weighted by Crippen LogP contribution is -3.20. The number of nitrogens with zero attached hydrogens (tertiary/aromatic N) is 4. The van der Waals surface area contributed by atoms with Gasteiger partial charge in [0.2, 0.25) is 5.91 Å². The highest BCUT2D eigenvalue weighted by Crippen LogP contribution is 2.29. The van der Waals surface area contributed by atoms with Crippen molar-refractivity contribution >= 4 is 5.91 Å². The largest absolute Gasteiger partial charge is 0.487 e. The van der Waals surface area contributed by atoms with Gasteiger partial charge in [-0.3, -0.25) is 4.79 Å². The van der Waals surface area contributed by atoms with Crippen molar-refractivity contribution in [1.29, 1.82) is 0 Å². The lowest BCUT2D eigenvalue weighted by Gasteiger charge is -2.47. The highest BCUT2D eigenvalue weighted by Gasteiger charge is 2.47. The van der Waals surface area contributed by atoms with Crippen molar-refractivity contribution in [2.75, 3.05) is 39.4 Å². The predicted molar refractivity (Wildman–Crippen MR) is 109 cm³/mol. The van der Waals surface area contributed by atoms with E-state index in [4.69, 9.17) is 9.47 Å². The molecule has 0 saturated carbocycles. The van der Waals surface area contributed by atoms with E-state index in [1.54, 1.807) is 4.90 Å². The molecule has 6 rings (SSSR count). The average molecular weight is 413 g/mol. The number of para-hydroxylation sites is 1. The molecule has 4 atom stereocenters. The summed E-state index contributed by atoms with van der Waals surface area (Å²) in [6, 6.07) is 10.3.